The largest absolute Gasteiger partial charge is 0.399 e. The first kappa shape index (κ1) is 24.0. The zero-order valence-corrected chi connectivity index (χ0v) is 21.1. The minimum Gasteiger partial charge on any atom is -0.399 e. The van der Waals surface area contributed by atoms with Crippen LogP contribution in [0.4, 0.5) is 5.69 Å². The standard InChI is InChI=1S/C29H35NO6/c1-26-11-10-19(32)12-17(26)6-9-20-21-13-28(3)29(23(34)15-31,27(21,2)14-22(33)24(20)26)36-25(35-28)16-4-7-18(30)8-5-16/h4-5,7-8,10-12,20-22,24-25,31,33H,6,9,13-15,30H2,1-3H3/t20-,21-,22-,24+,25+,26-,27?,28+,29-/m0/s1. The third-order valence-corrected chi connectivity index (χ3v) is 10.4. The molecule has 36 heavy (non-hydrogen) atoms. The van der Waals surface area contributed by atoms with Crippen LogP contribution >= 0.6 is 0 Å². The number of carbonyl (C=O) groups excluding carboxylic acids is 2. The van der Waals surface area contributed by atoms with Crippen LogP contribution in [-0.2, 0) is 19.1 Å². The average Bonchev–Trinajstić information content (AvgIpc) is 3.25. The average molecular weight is 494 g/mol. The number of nitrogen functional groups attached to an aromatic ring is 1. The van der Waals surface area contributed by atoms with Gasteiger partial charge in [0.05, 0.1) is 6.10 Å². The maximum atomic E-state index is 13.7. The molecule has 192 valence electrons. The molecule has 4 N–H and O–H groups in total. The molecular weight excluding hydrogens is 458 g/mol. The maximum Gasteiger partial charge on any atom is 0.193 e. The monoisotopic (exact) mass is 493 g/mol. The molecule has 7 nitrogen and oxygen atoms in total. The predicted molar refractivity (Wildman–Crippen MR) is 132 cm³/mol. The SMILES string of the molecule is CC12C[C@H](O)[C@H]3[C@@H](CCC4=CC(=O)C=C[C@@]43C)[C@@H]1C[C@@]1(C)O[C@@H](c3ccc(N)cc3)O[C@@]21C(=O)CO. The van der Waals surface area contributed by atoms with Gasteiger partial charge >= 0.3 is 0 Å². The van der Waals surface area contributed by atoms with Crippen LogP contribution in [0.3, 0.4) is 0 Å². The number of hydrogen-bond acceptors (Lipinski definition) is 7. The van der Waals surface area contributed by atoms with Gasteiger partial charge in [-0.05, 0) is 68.7 Å². The second-order valence-corrected chi connectivity index (χ2v) is 12.1. The quantitative estimate of drug-likeness (QED) is 0.553. The Hall–Kier alpha value is -2.32. The smallest absolute Gasteiger partial charge is 0.193 e. The third kappa shape index (κ3) is 2.83. The number of hydrogen-bond donors (Lipinski definition) is 3. The van der Waals surface area contributed by atoms with E-state index in [-0.39, 0.29) is 23.5 Å². The summed E-state index contributed by atoms with van der Waals surface area (Å²) in [6, 6.07) is 7.21. The van der Waals surface area contributed by atoms with E-state index in [2.05, 4.69) is 6.92 Å². The van der Waals surface area contributed by atoms with Crippen molar-refractivity contribution in [3.63, 3.8) is 0 Å². The van der Waals surface area contributed by atoms with Gasteiger partial charge in [0.2, 0.25) is 0 Å². The van der Waals surface area contributed by atoms with E-state index in [0.717, 1.165) is 24.0 Å². The molecule has 0 spiro atoms. The molecule has 1 aliphatic heterocycles. The van der Waals surface area contributed by atoms with Gasteiger partial charge < -0.3 is 25.4 Å². The molecule has 1 unspecified atom stereocenters. The van der Waals surface area contributed by atoms with Gasteiger partial charge in [-0.1, -0.05) is 37.6 Å². The third-order valence-electron chi connectivity index (χ3n) is 10.4. The van der Waals surface area contributed by atoms with E-state index in [0.29, 0.717) is 18.5 Å². The molecule has 9 atom stereocenters. The highest BCUT2D eigenvalue weighted by molar-refractivity contribution is 6.01. The Morgan fingerprint density at radius 1 is 1.14 bits per heavy atom. The lowest BCUT2D eigenvalue weighted by molar-refractivity contribution is -0.201. The lowest BCUT2D eigenvalue weighted by atomic mass is 9.46. The van der Waals surface area contributed by atoms with Crippen LogP contribution in [0.15, 0.2) is 48.1 Å². The van der Waals surface area contributed by atoms with Crippen LogP contribution in [0.1, 0.15) is 58.3 Å². The molecule has 1 aromatic carbocycles. The number of anilines is 1. The number of rotatable bonds is 3. The molecular formula is C29H35NO6. The van der Waals surface area contributed by atoms with E-state index in [1.807, 2.05) is 32.1 Å². The molecule has 4 aliphatic carbocycles. The summed E-state index contributed by atoms with van der Waals surface area (Å²) in [5.74, 6) is -0.308. The molecule has 1 aromatic rings. The number of aliphatic hydroxyl groups is 2. The summed E-state index contributed by atoms with van der Waals surface area (Å²) in [6.45, 7) is 5.44. The van der Waals surface area contributed by atoms with E-state index in [1.165, 1.54) is 0 Å². The number of ketones is 2. The fourth-order valence-electron chi connectivity index (χ4n) is 9.01. The summed E-state index contributed by atoms with van der Waals surface area (Å²) >= 11 is 0. The number of carbonyl (C=O) groups is 2. The number of allylic oxidation sites excluding steroid dienone is 4. The molecule has 1 heterocycles. The first-order chi connectivity index (χ1) is 17.0. The van der Waals surface area contributed by atoms with Gasteiger partial charge in [0.1, 0.15) is 12.2 Å². The second kappa shape index (κ2) is 7.60. The molecule has 0 radical (unpaired) electrons. The van der Waals surface area contributed by atoms with E-state index < -0.39 is 46.8 Å². The summed E-state index contributed by atoms with van der Waals surface area (Å²) in [4.78, 5) is 25.8. The molecule has 5 aliphatic rings. The van der Waals surface area contributed by atoms with Gasteiger partial charge in [-0.2, -0.15) is 0 Å². The summed E-state index contributed by atoms with van der Waals surface area (Å²) in [5.41, 5.74) is 4.82. The summed E-state index contributed by atoms with van der Waals surface area (Å²) < 4.78 is 13.2. The van der Waals surface area contributed by atoms with Gasteiger partial charge in [0, 0.05) is 28.0 Å². The number of benzene rings is 1. The minimum absolute atomic E-state index is 0.00183. The summed E-state index contributed by atoms with van der Waals surface area (Å²) in [5, 5.41) is 21.9. The Morgan fingerprint density at radius 2 is 1.86 bits per heavy atom. The van der Waals surface area contributed by atoms with E-state index >= 15 is 0 Å². The van der Waals surface area contributed by atoms with Crippen molar-refractivity contribution >= 4 is 17.3 Å². The van der Waals surface area contributed by atoms with Crippen LogP contribution in [0.2, 0.25) is 0 Å². The Bertz CT molecular complexity index is 1190. The van der Waals surface area contributed by atoms with Gasteiger partial charge in [-0.3, -0.25) is 9.59 Å². The highest BCUT2D eigenvalue weighted by Gasteiger charge is 2.80. The zero-order valence-electron chi connectivity index (χ0n) is 21.1. The van der Waals surface area contributed by atoms with Gasteiger partial charge in [0.25, 0.3) is 0 Å². The first-order valence-corrected chi connectivity index (χ1v) is 13.0. The van der Waals surface area contributed by atoms with Crippen molar-refractivity contribution in [2.45, 2.75) is 70.1 Å². The fourth-order valence-corrected chi connectivity index (χ4v) is 9.01. The number of nitrogens with two attached hydrogens (primary N) is 1. The highest BCUT2D eigenvalue weighted by atomic mass is 16.8. The van der Waals surface area contributed by atoms with E-state index in [9.17, 15) is 19.8 Å². The van der Waals surface area contributed by atoms with Crippen LogP contribution in [0.5, 0.6) is 0 Å². The summed E-state index contributed by atoms with van der Waals surface area (Å²) in [7, 11) is 0. The Morgan fingerprint density at radius 3 is 2.56 bits per heavy atom. The second-order valence-electron chi connectivity index (χ2n) is 12.1. The normalized spacial score (nSPS) is 47.0. The lowest BCUT2D eigenvalue weighted by Gasteiger charge is -2.59. The topological polar surface area (TPSA) is 119 Å². The maximum absolute atomic E-state index is 13.7. The van der Waals surface area contributed by atoms with Crippen LogP contribution in [0.25, 0.3) is 0 Å². The number of ether oxygens (including phenoxy) is 2. The van der Waals surface area contributed by atoms with Gasteiger partial charge in [-0.15, -0.1) is 0 Å². The Labute approximate surface area is 211 Å². The van der Waals surface area contributed by atoms with Gasteiger partial charge in [0.15, 0.2) is 23.5 Å². The van der Waals surface area contributed by atoms with Crippen molar-refractivity contribution in [2.75, 3.05) is 12.3 Å². The predicted octanol–water partition coefficient (Wildman–Crippen LogP) is 3.26. The first-order valence-electron chi connectivity index (χ1n) is 13.0. The van der Waals surface area contributed by atoms with Crippen LogP contribution in [-0.4, -0.2) is 45.7 Å². The summed E-state index contributed by atoms with van der Waals surface area (Å²) in [6.07, 6.45) is 6.40. The van der Waals surface area contributed by atoms with E-state index in [4.69, 9.17) is 15.2 Å². The lowest BCUT2D eigenvalue weighted by Crippen LogP contribution is -2.65. The van der Waals surface area contributed by atoms with Crippen molar-refractivity contribution in [1.29, 1.82) is 0 Å². The molecule has 0 aromatic heterocycles. The van der Waals surface area contributed by atoms with Crippen molar-refractivity contribution in [2.24, 2.45) is 28.6 Å². The molecule has 6 rings (SSSR count). The number of Topliss-reactive ketones (excluding diaryl/α,β-unsaturated/α-hetero) is 1. The highest BCUT2D eigenvalue weighted by Crippen LogP contribution is 2.73. The van der Waals surface area contributed by atoms with Gasteiger partial charge in [-0.25, -0.2) is 0 Å². The van der Waals surface area contributed by atoms with Crippen molar-refractivity contribution < 1.29 is 29.3 Å². The molecule has 3 saturated carbocycles. The molecule has 1 saturated heterocycles. The van der Waals surface area contributed by atoms with Crippen molar-refractivity contribution in [3.8, 4) is 0 Å². The van der Waals surface area contributed by atoms with Crippen molar-refractivity contribution in [3.05, 3.63) is 53.6 Å². The number of fused-ring (bicyclic) bond motifs is 7. The zero-order chi connectivity index (χ0) is 25.7. The van der Waals surface area contributed by atoms with Crippen LogP contribution in [0, 0.1) is 28.6 Å². The minimum atomic E-state index is -1.40. The molecule has 0 bridgehead atoms. The van der Waals surface area contributed by atoms with Crippen LogP contribution < -0.4 is 5.73 Å². The van der Waals surface area contributed by atoms with Crippen molar-refractivity contribution in [1.82, 2.24) is 0 Å². The Kier molecular flexibility index (Phi) is 5.08. The Balaban J connectivity index is 1.43. The molecule has 4 fully saturated rings. The fraction of sp³-hybridized carbons (Fsp3) is 0.586. The number of aliphatic hydroxyl groups excluding tert-OH is 2. The molecule has 7 heteroatoms. The van der Waals surface area contributed by atoms with E-state index in [1.54, 1.807) is 24.3 Å². The molecule has 0 amide bonds.